The number of unbranched alkanes of at least 4 members (excludes halogenated alkanes) is 6. The van der Waals surface area contributed by atoms with Crippen molar-refractivity contribution in [1.82, 2.24) is 5.32 Å². The van der Waals surface area contributed by atoms with Gasteiger partial charge in [-0.05, 0) is 38.0 Å². The molecule has 6 nitrogen and oxygen atoms in total. The summed E-state index contributed by atoms with van der Waals surface area (Å²) in [4.78, 5) is 34.8. The summed E-state index contributed by atoms with van der Waals surface area (Å²) in [5, 5.41) is 11.7. The summed E-state index contributed by atoms with van der Waals surface area (Å²) in [5.41, 5.74) is 0. The fraction of sp³-hybridized carbons (Fsp3) is 0.815. The molecule has 0 aliphatic rings. The molecule has 0 aromatic heterocycles. The van der Waals surface area contributed by atoms with Crippen molar-refractivity contribution >= 4 is 17.8 Å². The second kappa shape index (κ2) is 22.0. The Morgan fingerprint density at radius 1 is 0.758 bits per heavy atom. The molecule has 0 fully saturated rings. The van der Waals surface area contributed by atoms with Gasteiger partial charge < -0.3 is 15.2 Å². The third-order valence-corrected chi connectivity index (χ3v) is 6.01. The van der Waals surface area contributed by atoms with Crippen molar-refractivity contribution in [2.45, 2.75) is 130 Å². The topological polar surface area (TPSA) is 92.7 Å². The number of esters is 1. The van der Waals surface area contributed by atoms with Crippen LogP contribution in [0, 0.1) is 5.92 Å². The van der Waals surface area contributed by atoms with Crippen LogP contribution in [0.4, 0.5) is 0 Å². The number of nitrogens with one attached hydrogen (secondary N) is 1. The van der Waals surface area contributed by atoms with Gasteiger partial charge in [-0.25, -0.2) is 9.59 Å². The Morgan fingerprint density at radius 3 is 1.97 bits per heavy atom. The van der Waals surface area contributed by atoms with Crippen molar-refractivity contribution in [3.8, 4) is 0 Å². The second-order valence-corrected chi connectivity index (χ2v) is 9.11. The van der Waals surface area contributed by atoms with Crippen molar-refractivity contribution < 1.29 is 24.2 Å². The average molecular weight is 468 g/mol. The molecule has 1 amide bonds. The molecule has 0 aromatic carbocycles. The van der Waals surface area contributed by atoms with Crippen molar-refractivity contribution in [3.05, 3.63) is 12.2 Å². The summed E-state index contributed by atoms with van der Waals surface area (Å²) in [7, 11) is 0. The van der Waals surface area contributed by atoms with E-state index in [1.165, 1.54) is 44.9 Å². The number of carboxylic acids is 1. The molecule has 6 heteroatoms. The number of carboxylic acid groups (broad SMARTS) is 1. The summed E-state index contributed by atoms with van der Waals surface area (Å²) >= 11 is 0. The molecule has 2 N–H and O–H groups in total. The molecule has 33 heavy (non-hydrogen) atoms. The lowest BCUT2D eigenvalue weighted by molar-refractivity contribution is -0.145. The molecule has 0 aliphatic heterocycles. The number of hydrogen-bond donors (Lipinski definition) is 2. The van der Waals surface area contributed by atoms with Gasteiger partial charge in [-0.3, -0.25) is 4.79 Å². The van der Waals surface area contributed by atoms with Crippen LogP contribution in [0.15, 0.2) is 12.2 Å². The van der Waals surface area contributed by atoms with Gasteiger partial charge in [0, 0.05) is 25.1 Å². The van der Waals surface area contributed by atoms with Gasteiger partial charge >= 0.3 is 11.9 Å². The molecule has 0 saturated carbocycles. The van der Waals surface area contributed by atoms with Gasteiger partial charge in [-0.2, -0.15) is 0 Å². The molecule has 0 bridgehead atoms. The largest absolute Gasteiger partial charge is 0.478 e. The third kappa shape index (κ3) is 20.5. The second-order valence-electron chi connectivity index (χ2n) is 9.11. The SMILES string of the molecule is CCCCCCCC(CCC(=O)NCCCC(CCCC)CCCC)OC(=O)/C=C\C(=O)O. The third-order valence-electron chi connectivity index (χ3n) is 6.01. The molecule has 0 saturated heterocycles. The normalized spacial score (nSPS) is 12.2. The van der Waals surface area contributed by atoms with Crippen LogP contribution in [0.2, 0.25) is 0 Å². The molecule has 0 aromatic rings. The lowest BCUT2D eigenvalue weighted by Crippen LogP contribution is -2.27. The number of rotatable bonds is 22. The Morgan fingerprint density at radius 2 is 1.36 bits per heavy atom. The number of ether oxygens (including phenoxy) is 1. The standard InChI is InChI=1S/C27H49NO5/c1-4-7-10-11-12-17-24(33-27(32)21-20-26(30)31)18-19-25(29)28-22-13-16-23(14-8-5-2)15-9-6-3/h20-21,23-24H,4-19,22H2,1-3H3,(H,28,29)(H,30,31)/b21-20-. The molecule has 0 rings (SSSR count). The number of hydrogen-bond acceptors (Lipinski definition) is 4. The summed E-state index contributed by atoms with van der Waals surface area (Å²) < 4.78 is 5.42. The molecular formula is C27H49NO5. The lowest BCUT2D eigenvalue weighted by atomic mass is 9.91. The zero-order chi connectivity index (χ0) is 24.7. The minimum Gasteiger partial charge on any atom is -0.478 e. The molecule has 0 heterocycles. The van der Waals surface area contributed by atoms with Crippen molar-refractivity contribution in [2.24, 2.45) is 5.92 Å². The number of amides is 1. The van der Waals surface area contributed by atoms with Crippen LogP contribution in [-0.2, 0) is 19.1 Å². The summed E-state index contributed by atoms with van der Waals surface area (Å²) in [6.45, 7) is 7.32. The highest BCUT2D eigenvalue weighted by atomic mass is 16.5. The van der Waals surface area contributed by atoms with E-state index in [2.05, 4.69) is 26.1 Å². The van der Waals surface area contributed by atoms with E-state index in [0.29, 0.717) is 25.8 Å². The Kier molecular flexibility index (Phi) is 20.7. The Balaban J connectivity index is 4.38. The zero-order valence-electron chi connectivity index (χ0n) is 21.4. The highest BCUT2D eigenvalue weighted by Gasteiger charge is 2.15. The summed E-state index contributed by atoms with van der Waals surface area (Å²) in [6, 6.07) is 0. The van der Waals surface area contributed by atoms with Gasteiger partial charge in [-0.1, -0.05) is 85.0 Å². The highest BCUT2D eigenvalue weighted by Crippen LogP contribution is 2.21. The Bertz CT molecular complexity index is 539. The minimum absolute atomic E-state index is 0.0122. The zero-order valence-corrected chi connectivity index (χ0v) is 21.4. The van der Waals surface area contributed by atoms with Gasteiger partial charge in [0.1, 0.15) is 6.10 Å². The number of carbonyl (C=O) groups excluding carboxylic acids is 2. The van der Waals surface area contributed by atoms with E-state index in [9.17, 15) is 14.4 Å². The summed E-state index contributed by atoms with van der Waals surface area (Å²) in [6.07, 6.45) is 18.1. The molecular weight excluding hydrogens is 418 g/mol. The maximum atomic E-state index is 12.3. The van der Waals surface area contributed by atoms with E-state index in [0.717, 1.165) is 56.6 Å². The van der Waals surface area contributed by atoms with Crippen molar-refractivity contribution in [1.29, 1.82) is 0 Å². The van der Waals surface area contributed by atoms with Crippen LogP contribution >= 0.6 is 0 Å². The van der Waals surface area contributed by atoms with Gasteiger partial charge in [0.25, 0.3) is 0 Å². The van der Waals surface area contributed by atoms with Crippen LogP contribution in [-0.4, -0.2) is 35.6 Å². The van der Waals surface area contributed by atoms with Crippen LogP contribution in [0.5, 0.6) is 0 Å². The van der Waals surface area contributed by atoms with E-state index in [-0.39, 0.29) is 12.0 Å². The first-order valence-corrected chi connectivity index (χ1v) is 13.3. The smallest absolute Gasteiger partial charge is 0.331 e. The van der Waals surface area contributed by atoms with Crippen LogP contribution in [0.25, 0.3) is 0 Å². The van der Waals surface area contributed by atoms with Gasteiger partial charge in [-0.15, -0.1) is 0 Å². The Hall–Kier alpha value is -1.85. The molecule has 0 aliphatic carbocycles. The van der Waals surface area contributed by atoms with Crippen LogP contribution in [0.3, 0.4) is 0 Å². The minimum atomic E-state index is -1.19. The monoisotopic (exact) mass is 467 g/mol. The first-order valence-electron chi connectivity index (χ1n) is 13.3. The predicted octanol–water partition coefficient (Wildman–Crippen LogP) is 6.57. The van der Waals surface area contributed by atoms with E-state index < -0.39 is 11.9 Å². The first kappa shape index (κ1) is 31.1. The number of aliphatic carboxylic acids is 1. The molecule has 1 unspecified atom stereocenters. The van der Waals surface area contributed by atoms with Crippen molar-refractivity contribution in [2.75, 3.05) is 6.54 Å². The molecule has 0 radical (unpaired) electrons. The maximum absolute atomic E-state index is 12.3. The highest BCUT2D eigenvalue weighted by molar-refractivity contribution is 5.90. The molecule has 0 spiro atoms. The maximum Gasteiger partial charge on any atom is 0.331 e. The summed E-state index contributed by atoms with van der Waals surface area (Å²) in [5.74, 6) is -1.10. The van der Waals surface area contributed by atoms with E-state index in [1.54, 1.807) is 0 Å². The molecule has 1 atom stereocenters. The van der Waals surface area contributed by atoms with Crippen LogP contribution in [0.1, 0.15) is 124 Å². The van der Waals surface area contributed by atoms with E-state index in [1.807, 2.05) is 0 Å². The van der Waals surface area contributed by atoms with Gasteiger partial charge in [0.05, 0.1) is 0 Å². The van der Waals surface area contributed by atoms with Crippen LogP contribution < -0.4 is 5.32 Å². The van der Waals surface area contributed by atoms with E-state index >= 15 is 0 Å². The van der Waals surface area contributed by atoms with Gasteiger partial charge in [0.2, 0.25) is 5.91 Å². The van der Waals surface area contributed by atoms with Crippen molar-refractivity contribution in [3.63, 3.8) is 0 Å². The fourth-order valence-corrected chi connectivity index (χ4v) is 4.00. The quantitative estimate of drug-likeness (QED) is 0.107. The van der Waals surface area contributed by atoms with Gasteiger partial charge in [0.15, 0.2) is 0 Å². The fourth-order valence-electron chi connectivity index (χ4n) is 4.00. The average Bonchev–Trinajstić information content (AvgIpc) is 2.79. The van der Waals surface area contributed by atoms with E-state index in [4.69, 9.17) is 9.84 Å². The lowest BCUT2D eigenvalue weighted by Gasteiger charge is -2.18. The number of carbonyl (C=O) groups is 3. The first-order chi connectivity index (χ1) is 15.9. The predicted molar refractivity (Wildman–Crippen MR) is 134 cm³/mol. The Labute approximate surface area is 201 Å². The molecule has 192 valence electrons.